The zero-order valence-electron chi connectivity index (χ0n) is 16.1. The van der Waals surface area contributed by atoms with Gasteiger partial charge in [0.15, 0.2) is 0 Å². The third-order valence-corrected chi connectivity index (χ3v) is 4.59. The fourth-order valence-corrected chi connectivity index (χ4v) is 2.92. The van der Waals surface area contributed by atoms with Crippen LogP contribution in [0.4, 0.5) is 17.6 Å². The van der Waals surface area contributed by atoms with Crippen LogP contribution in [0.1, 0.15) is 23.1 Å². The number of nitrogens with one attached hydrogen (secondary N) is 2. The Bertz CT molecular complexity index is 942. The molecule has 1 heterocycles. The Hall–Kier alpha value is -3.31. The number of hydrogen-bond donors (Lipinski definition) is 2. The maximum Gasteiger partial charge on any atom is 0.449 e. The monoisotopic (exact) mass is 429 g/mol. The van der Waals surface area contributed by atoms with Crippen molar-refractivity contribution in [3.8, 4) is 0 Å². The van der Waals surface area contributed by atoms with Crippen LogP contribution >= 0.6 is 0 Å². The normalized spacial score (nSPS) is 15.4. The Morgan fingerprint density at radius 3 is 2.43 bits per heavy atom. The predicted molar refractivity (Wildman–Crippen MR) is 100 cm³/mol. The van der Waals surface area contributed by atoms with E-state index in [0.29, 0.717) is 16.0 Å². The molecule has 0 unspecified atom stereocenters. The minimum Gasteiger partial charge on any atom is -0.333 e. The second-order valence-corrected chi connectivity index (χ2v) is 6.79. The molecule has 1 amide bonds. The molecule has 0 aliphatic carbocycles. The van der Waals surface area contributed by atoms with Gasteiger partial charge in [0.2, 0.25) is 11.7 Å². The van der Waals surface area contributed by atoms with E-state index >= 15 is 0 Å². The zero-order valence-corrected chi connectivity index (χ0v) is 16.1. The molecule has 30 heavy (non-hydrogen) atoms. The smallest absolute Gasteiger partial charge is 0.333 e. The van der Waals surface area contributed by atoms with Crippen molar-refractivity contribution < 1.29 is 27.3 Å². The van der Waals surface area contributed by atoms with Gasteiger partial charge < -0.3 is 9.80 Å². The molecule has 0 radical (unpaired) electrons. The molecule has 2 N–H and O–H groups in total. The van der Waals surface area contributed by atoms with E-state index in [1.165, 1.54) is 6.07 Å². The molecule has 1 aromatic carbocycles. The maximum atomic E-state index is 13.8. The lowest BCUT2D eigenvalue weighted by Gasteiger charge is -2.36. The van der Waals surface area contributed by atoms with Crippen LogP contribution in [0, 0.1) is 40.6 Å². The van der Waals surface area contributed by atoms with E-state index in [-0.39, 0.29) is 12.1 Å². The van der Waals surface area contributed by atoms with Crippen LogP contribution in [-0.4, -0.2) is 58.1 Å². The lowest BCUT2D eigenvalue weighted by Crippen LogP contribution is -2.56. The summed E-state index contributed by atoms with van der Waals surface area (Å²) in [5, 5.41) is 26.2. The van der Waals surface area contributed by atoms with Crippen LogP contribution in [0.2, 0.25) is 0 Å². The molecule has 0 atom stereocenters. The first-order chi connectivity index (χ1) is 13.8. The molecule has 1 aromatic rings. The maximum absolute atomic E-state index is 13.8. The summed E-state index contributed by atoms with van der Waals surface area (Å²) in [5.41, 5.74) is 0.656. The second kappa shape index (κ2) is 8.59. The van der Waals surface area contributed by atoms with Gasteiger partial charge in [-0.15, -0.1) is 0 Å². The van der Waals surface area contributed by atoms with Crippen molar-refractivity contribution in [1.82, 2.24) is 9.80 Å². The number of hydrogen-bond acceptors (Lipinski definition) is 5. The molecular formula is C18H19F4N5O3. The van der Waals surface area contributed by atoms with Crippen LogP contribution in [0.15, 0.2) is 17.8 Å². The highest BCUT2D eigenvalue weighted by molar-refractivity contribution is 6.03. The number of aryl methyl sites for hydroxylation is 2. The first-order valence-corrected chi connectivity index (χ1v) is 8.71. The summed E-state index contributed by atoms with van der Waals surface area (Å²) in [6, 6.07) is 2.63. The molecule has 1 aliphatic heterocycles. The number of carbonyl (C=O) groups excluding carboxylic acids is 1. The van der Waals surface area contributed by atoms with Gasteiger partial charge >= 0.3 is 6.18 Å². The Balaban J connectivity index is 2.16. The molecular weight excluding hydrogens is 410 g/mol. The van der Waals surface area contributed by atoms with E-state index in [1.54, 1.807) is 13.8 Å². The molecule has 12 heteroatoms. The number of nitro groups is 1. The van der Waals surface area contributed by atoms with Crippen molar-refractivity contribution in [3.05, 3.63) is 50.5 Å². The number of halogens is 4. The summed E-state index contributed by atoms with van der Waals surface area (Å²) in [5.74, 6) is -3.63. The largest absolute Gasteiger partial charge is 0.449 e. The Morgan fingerprint density at radius 2 is 1.90 bits per heavy atom. The van der Waals surface area contributed by atoms with Gasteiger partial charge in [-0.05, 0) is 36.6 Å². The average Bonchev–Trinajstić information content (AvgIpc) is 2.63. The summed E-state index contributed by atoms with van der Waals surface area (Å²) in [6.45, 7) is 2.00. The number of rotatable bonds is 4. The van der Waals surface area contributed by atoms with Gasteiger partial charge in [0.1, 0.15) is 18.1 Å². The van der Waals surface area contributed by atoms with Gasteiger partial charge in [0, 0.05) is 19.2 Å². The van der Waals surface area contributed by atoms with Crippen molar-refractivity contribution in [2.75, 3.05) is 19.6 Å². The van der Waals surface area contributed by atoms with E-state index in [4.69, 9.17) is 10.8 Å². The molecule has 0 bridgehead atoms. The van der Waals surface area contributed by atoms with E-state index < -0.39 is 59.7 Å². The molecule has 1 aliphatic rings. The number of benzene rings is 1. The lowest BCUT2D eigenvalue weighted by molar-refractivity contribution is -0.425. The van der Waals surface area contributed by atoms with Gasteiger partial charge in [-0.1, -0.05) is 6.07 Å². The van der Waals surface area contributed by atoms with Crippen molar-refractivity contribution in [1.29, 1.82) is 10.8 Å². The Kier molecular flexibility index (Phi) is 6.58. The Morgan fingerprint density at radius 1 is 1.27 bits per heavy atom. The number of amidine groups is 2. The summed E-state index contributed by atoms with van der Waals surface area (Å²) < 4.78 is 51.8. The van der Waals surface area contributed by atoms with Gasteiger partial charge in [0.05, 0.1) is 11.5 Å². The third kappa shape index (κ3) is 5.19. The minimum absolute atomic E-state index is 0.230. The topological polar surface area (TPSA) is 114 Å². The number of alkyl halides is 3. The van der Waals surface area contributed by atoms with Crippen molar-refractivity contribution in [2.24, 2.45) is 0 Å². The highest BCUT2D eigenvalue weighted by Gasteiger charge is 2.41. The summed E-state index contributed by atoms with van der Waals surface area (Å²) in [7, 11) is 0. The third-order valence-electron chi connectivity index (χ3n) is 4.59. The molecule has 0 spiro atoms. The molecule has 1 saturated heterocycles. The van der Waals surface area contributed by atoms with Gasteiger partial charge in [-0.3, -0.25) is 25.7 Å². The lowest BCUT2D eigenvalue weighted by atomic mass is 10.0. The molecule has 0 saturated carbocycles. The van der Waals surface area contributed by atoms with E-state index in [2.05, 4.69) is 0 Å². The van der Waals surface area contributed by atoms with Gasteiger partial charge in [0.25, 0.3) is 5.70 Å². The van der Waals surface area contributed by atoms with Crippen LogP contribution in [0.5, 0.6) is 0 Å². The second-order valence-electron chi connectivity index (χ2n) is 6.79. The summed E-state index contributed by atoms with van der Waals surface area (Å²) in [4.78, 5) is 24.5. The molecule has 8 nitrogen and oxygen atoms in total. The number of piperazine rings is 1. The fraction of sp³-hybridized carbons (Fsp3) is 0.389. The zero-order chi connectivity index (χ0) is 22.8. The fourth-order valence-electron chi connectivity index (χ4n) is 2.92. The molecule has 162 valence electrons. The van der Waals surface area contributed by atoms with E-state index in [1.807, 2.05) is 0 Å². The first kappa shape index (κ1) is 23.0. The number of carbonyl (C=O) groups is 1. The van der Waals surface area contributed by atoms with Crippen LogP contribution in [0.3, 0.4) is 0 Å². The van der Waals surface area contributed by atoms with Gasteiger partial charge in [-0.25, -0.2) is 4.39 Å². The number of amides is 1. The minimum atomic E-state index is -4.93. The van der Waals surface area contributed by atoms with E-state index in [9.17, 15) is 32.5 Å². The first-order valence-electron chi connectivity index (χ1n) is 8.71. The summed E-state index contributed by atoms with van der Waals surface area (Å²) >= 11 is 0. The van der Waals surface area contributed by atoms with Crippen molar-refractivity contribution >= 4 is 23.7 Å². The standard InChI is InChI=1S/C18H19F4N5O3/c1-10-5-11(2)14(19)7-12(10)6-13(27(29)30)8-16(28)25-3-4-26(15(23)9-25)17(24)18(20,21)22/h5-7,23-24H,3-4,8-9H2,1-2H3/b13-6-,23-15?,24-17?. The number of nitrogens with zero attached hydrogens (tertiary/aromatic N) is 3. The van der Waals surface area contributed by atoms with Crippen LogP contribution in [0.25, 0.3) is 6.08 Å². The van der Waals surface area contributed by atoms with Crippen molar-refractivity contribution in [2.45, 2.75) is 26.4 Å². The molecule has 1 fully saturated rings. The highest BCUT2D eigenvalue weighted by Crippen LogP contribution is 2.22. The van der Waals surface area contributed by atoms with E-state index in [0.717, 1.165) is 17.0 Å². The van der Waals surface area contributed by atoms with Crippen molar-refractivity contribution in [3.63, 3.8) is 0 Å². The summed E-state index contributed by atoms with van der Waals surface area (Å²) in [6.07, 6.45) is -4.52. The Labute approximate surface area is 168 Å². The molecule has 2 rings (SSSR count). The van der Waals surface area contributed by atoms with Crippen LogP contribution < -0.4 is 0 Å². The highest BCUT2D eigenvalue weighted by atomic mass is 19.4. The molecule has 0 aromatic heterocycles. The van der Waals surface area contributed by atoms with Gasteiger partial charge in [-0.2, -0.15) is 13.2 Å². The quantitative estimate of drug-likeness (QED) is 0.252. The predicted octanol–water partition coefficient (Wildman–Crippen LogP) is 3.11. The SMILES string of the molecule is Cc1cc(C)c(/C=C(/CC(=O)N2CCN(C(=N)C(F)(F)F)C(=N)C2)[N+](=O)[O-])cc1F. The van der Waals surface area contributed by atoms with Crippen LogP contribution in [-0.2, 0) is 4.79 Å². The average molecular weight is 429 g/mol.